The minimum atomic E-state index is -5.63. The van der Waals surface area contributed by atoms with Crippen LogP contribution in [0.2, 0.25) is 0 Å². The Bertz CT molecular complexity index is 348. The van der Waals surface area contributed by atoms with E-state index in [0.717, 1.165) is 6.07 Å². The van der Waals surface area contributed by atoms with E-state index in [-0.39, 0.29) is 5.88 Å². The lowest BCUT2D eigenvalue weighted by Crippen LogP contribution is -2.41. The number of alkyl halides is 5. The van der Waals surface area contributed by atoms with Crippen molar-refractivity contribution >= 4 is 0 Å². The molecule has 0 saturated carbocycles. The number of hydrogen-bond donors (Lipinski definition) is 0. The lowest BCUT2D eigenvalue weighted by Gasteiger charge is -2.19. The van der Waals surface area contributed by atoms with Crippen LogP contribution in [-0.4, -0.2) is 28.9 Å². The van der Waals surface area contributed by atoms with Crippen molar-refractivity contribution < 1.29 is 26.7 Å². The average molecular weight is 242 g/mol. The summed E-state index contributed by atoms with van der Waals surface area (Å²) in [7, 11) is 0. The van der Waals surface area contributed by atoms with Crippen molar-refractivity contribution in [1.82, 2.24) is 10.2 Å². The maximum atomic E-state index is 12.4. The molecule has 0 N–H and O–H groups in total. The van der Waals surface area contributed by atoms with E-state index in [0.29, 0.717) is 5.69 Å². The van der Waals surface area contributed by atoms with Gasteiger partial charge in [-0.25, -0.2) is 0 Å². The van der Waals surface area contributed by atoms with E-state index in [1.807, 2.05) is 0 Å². The number of ether oxygens (including phenoxy) is 1. The maximum absolute atomic E-state index is 12.4. The Morgan fingerprint density at radius 2 is 1.75 bits per heavy atom. The third-order valence-electron chi connectivity index (χ3n) is 1.59. The Balaban J connectivity index is 2.61. The molecule has 0 spiro atoms. The van der Waals surface area contributed by atoms with Crippen molar-refractivity contribution in [2.24, 2.45) is 0 Å². The van der Waals surface area contributed by atoms with Gasteiger partial charge in [0.1, 0.15) is 0 Å². The standard InChI is InChI=1S/C8H7F5N2O/c1-5-2-3-6(15-14-5)16-4-7(9,10)8(11,12)13/h2-3H,4H2,1H3. The topological polar surface area (TPSA) is 35.0 Å². The van der Waals surface area contributed by atoms with Crippen LogP contribution in [0.3, 0.4) is 0 Å². The zero-order chi connectivity index (χ0) is 12.4. The molecule has 0 aromatic carbocycles. The lowest BCUT2D eigenvalue weighted by atomic mass is 10.3. The molecular formula is C8H7F5N2O. The number of aromatic nitrogens is 2. The van der Waals surface area contributed by atoms with Crippen LogP contribution in [0, 0.1) is 6.92 Å². The first kappa shape index (κ1) is 12.6. The third-order valence-corrected chi connectivity index (χ3v) is 1.59. The van der Waals surface area contributed by atoms with Gasteiger partial charge in [-0.2, -0.15) is 27.1 Å². The van der Waals surface area contributed by atoms with Gasteiger partial charge in [0, 0.05) is 6.07 Å². The predicted octanol–water partition coefficient (Wildman–Crippen LogP) is 2.36. The monoisotopic (exact) mass is 242 g/mol. The van der Waals surface area contributed by atoms with Crippen LogP contribution in [-0.2, 0) is 0 Å². The molecule has 0 atom stereocenters. The van der Waals surface area contributed by atoms with Gasteiger partial charge in [0.15, 0.2) is 6.61 Å². The number of halogens is 5. The quantitative estimate of drug-likeness (QED) is 0.763. The Hall–Kier alpha value is -1.47. The summed E-state index contributed by atoms with van der Waals surface area (Å²) < 4.78 is 64.2. The van der Waals surface area contributed by atoms with E-state index in [1.165, 1.54) is 6.07 Å². The molecule has 0 radical (unpaired) electrons. The van der Waals surface area contributed by atoms with E-state index in [4.69, 9.17) is 0 Å². The van der Waals surface area contributed by atoms with E-state index >= 15 is 0 Å². The van der Waals surface area contributed by atoms with Gasteiger partial charge in [0.05, 0.1) is 5.69 Å². The van der Waals surface area contributed by atoms with Crippen molar-refractivity contribution in [2.45, 2.75) is 19.0 Å². The van der Waals surface area contributed by atoms with Gasteiger partial charge < -0.3 is 4.74 Å². The van der Waals surface area contributed by atoms with Gasteiger partial charge in [-0.3, -0.25) is 0 Å². The molecule has 0 amide bonds. The first-order valence-corrected chi connectivity index (χ1v) is 4.10. The summed E-state index contributed by atoms with van der Waals surface area (Å²) >= 11 is 0. The number of rotatable bonds is 3. The first-order chi connectivity index (χ1) is 7.22. The van der Waals surface area contributed by atoms with Crippen LogP contribution >= 0.6 is 0 Å². The van der Waals surface area contributed by atoms with Gasteiger partial charge in [0.2, 0.25) is 5.88 Å². The highest BCUT2D eigenvalue weighted by molar-refractivity contribution is 5.10. The van der Waals surface area contributed by atoms with Crippen LogP contribution in [0.5, 0.6) is 5.88 Å². The van der Waals surface area contributed by atoms with Crippen LogP contribution in [0.1, 0.15) is 5.69 Å². The summed E-state index contributed by atoms with van der Waals surface area (Å²) in [6, 6.07) is 2.54. The molecular weight excluding hydrogens is 235 g/mol. The summed E-state index contributed by atoms with van der Waals surface area (Å²) in [5.74, 6) is -5.28. The molecule has 90 valence electrons. The smallest absolute Gasteiger partial charge is 0.456 e. The molecule has 1 rings (SSSR count). The summed E-state index contributed by atoms with van der Waals surface area (Å²) in [6.45, 7) is -0.227. The molecule has 0 aliphatic rings. The molecule has 0 unspecified atom stereocenters. The molecule has 3 nitrogen and oxygen atoms in total. The molecule has 0 aliphatic heterocycles. The molecule has 0 aliphatic carbocycles. The van der Waals surface area contributed by atoms with Gasteiger partial charge >= 0.3 is 12.1 Å². The van der Waals surface area contributed by atoms with Crippen LogP contribution in [0.4, 0.5) is 22.0 Å². The molecule has 8 heteroatoms. The molecule has 16 heavy (non-hydrogen) atoms. The van der Waals surface area contributed by atoms with Gasteiger partial charge in [-0.15, -0.1) is 5.10 Å². The normalized spacial score (nSPS) is 12.6. The maximum Gasteiger partial charge on any atom is 0.456 e. The van der Waals surface area contributed by atoms with Crippen LogP contribution < -0.4 is 4.74 Å². The summed E-state index contributed by atoms with van der Waals surface area (Å²) in [5.41, 5.74) is 0.495. The van der Waals surface area contributed by atoms with Gasteiger partial charge in [-0.1, -0.05) is 0 Å². The van der Waals surface area contributed by atoms with Crippen molar-refractivity contribution in [3.05, 3.63) is 17.8 Å². The van der Waals surface area contributed by atoms with Gasteiger partial charge in [-0.05, 0) is 13.0 Å². The lowest BCUT2D eigenvalue weighted by molar-refractivity contribution is -0.290. The Morgan fingerprint density at radius 3 is 2.19 bits per heavy atom. The fraction of sp³-hybridized carbons (Fsp3) is 0.500. The second-order valence-corrected chi connectivity index (χ2v) is 3.00. The van der Waals surface area contributed by atoms with Crippen molar-refractivity contribution in [3.8, 4) is 5.88 Å². The highest BCUT2D eigenvalue weighted by atomic mass is 19.4. The minimum Gasteiger partial charge on any atom is -0.470 e. The summed E-state index contributed by atoms with van der Waals surface area (Å²) in [5, 5.41) is 6.73. The average Bonchev–Trinajstić information content (AvgIpc) is 2.15. The van der Waals surface area contributed by atoms with Crippen LogP contribution in [0.25, 0.3) is 0 Å². The number of nitrogens with zero attached hydrogens (tertiary/aromatic N) is 2. The summed E-state index contributed by atoms with van der Waals surface area (Å²) in [4.78, 5) is 0. The molecule has 1 aromatic heterocycles. The highest BCUT2D eigenvalue weighted by Crippen LogP contribution is 2.35. The van der Waals surface area contributed by atoms with E-state index in [1.54, 1.807) is 6.92 Å². The second kappa shape index (κ2) is 4.18. The highest BCUT2D eigenvalue weighted by Gasteiger charge is 2.58. The largest absolute Gasteiger partial charge is 0.470 e. The Labute approximate surface area is 87.2 Å². The van der Waals surface area contributed by atoms with E-state index in [2.05, 4.69) is 14.9 Å². The molecule has 0 bridgehead atoms. The van der Waals surface area contributed by atoms with Crippen LogP contribution in [0.15, 0.2) is 12.1 Å². The second-order valence-electron chi connectivity index (χ2n) is 3.00. The Kier molecular flexibility index (Phi) is 3.30. The third kappa shape index (κ3) is 3.01. The molecule has 0 fully saturated rings. The van der Waals surface area contributed by atoms with Crippen molar-refractivity contribution in [3.63, 3.8) is 0 Å². The zero-order valence-electron chi connectivity index (χ0n) is 8.05. The zero-order valence-corrected chi connectivity index (χ0v) is 8.05. The Morgan fingerprint density at radius 1 is 1.12 bits per heavy atom. The summed E-state index contributed by atoms with van der Waals surface area (Å²) in [6.07, 6.45) is -5.63. The predicted molar refractivity (Wildman–Crippen MR) is 43.3 cm³/mol. The van der Waals surface area contributed by atoms with Gasteiger partial charge in [0.25, 0.3) is 0 Å². The first-order valence-electron chi connectivity index (χ1n) is 4.10. The SMILES string of the molecule is Cc1ccc(OCC(F)(F)C(F)(F)F)nn1. The molecule has 1 heterocycles. The molecule has 0 saturated heterocycles. The fourth-order valence-corrected chi connectivity index (χ4v) is 0.710. The molecule has 1 aromatic rings. The van der Waals surface area contributed by atoms with E-state index < -0.39 is 18.7 Å². The fourth-order valence-electron chi connectivity index (χ4n) is 0.710. The van der Waals surface area contributed by atoms with E-state index in [9.17, 15) is 22.0 Å². The number of hydrogen-bond acceptors (Lipinski definition) is 3. The minimum absolute atomic E-state index is 0.380. The van der Waals surface area contributed by atoms with Crippen molar-refractivity contribution in [1.29, 1.82) is 0 Å². The van der Waals surface area contributed by atoms with Crippen molar-refractivity contribution in [2.75, 3.05) is 6.61 Å². The number of aryl methyl sites for hydroxylation is 1.